The molecular formula is C25H25N5O3S. The Morgan fingerprint density at radius 1 is 0.941 bits per heavy atom. The van der Waals surface area contributed by atoms with Gasteiger partial charge in [-0.2, -0.15) is 0 Å². The summed E-state index contributed by atoms with van der Waals surface area (Å²) in [5.41, 5.74) is 4.20. The maximum Gasteiger partial charge on any atom is 0.238 e. The van der Waals surface area contributed by atoms with Gasteiger partial charge in [-0.3, -0.25) is 18.9 Å². The van der Waals surface area contributed by atoms with Gasteiger partial charge in [-0.05, 0) is 24.3 Å². The lowest BCUT2D eigenvalue weighted by Gasteiger charge is -2.25. The first-order valence-electron chi connectivity index (χ1n) is 11.1. The summed E-state index contributed by atoms with van der Waals surface area (Å²) in [4.78, 5) is 32.5. The molecule has 0 atom stereocenters. The number of nitrogens with zero attached hydrogens (tertiary/aromatic N) is 3. The van der Waals surface area contributed by atoms with Gasteiger partial charge in [0.15, 0.2) is 4.96 Å². The number of carbonyl (C=O) groups is 2. The topological polar surface area (TPSA) is 88.0 Å². The average molecular weight is 476 g/mol. The molecule has 1 aliphatic rings. The minimum atomic E-state index is -0.112. The predicted octanol–water partition coefficient (Wildman–Crippen LogP) is 3.51. The third-order valence-corrected chi connectivity index (χ3v) is 6.51. The number of rotatable bonds is 7. The van der Waals surface area contributed by atoms with Crippen molar-refractivity contribution in [1.82, 2.24) is 14.3 Å². The minimum Gasteiger partial charge on any atom is -0.379 e. The Morgan fingerprint density at radius 2 is 1.62 bits per heavy atom. The molecule has 1 saturated heterocycles. The summed E-state index contributed by atoms with van der Waals surface area (Å²) in [6.45, 7) is 3.20. The molecule has 0 unspecified atom stereocenters. The van der Waals surface area contributed by atoms with Crippen LogP contribution in [0.15, 0.2) is 66.2 Å². The van der Waals surface area contributed by atoms with Crippen LogP contribution in [-0.2, 0) is 20.7 Å². The smallest absolute Gasteiger partial charge is 0.238 e. The molecule has 0 spiro atoms. The predicted molar refractivity (Wildman–Crippen MR) is 133 cm³/mol. The summed E-state index contributed by atoms with van der Waals surface area (Å²) in [6.07, 6.45) is 2.21. The van der Waals surface area contributed by atoms with Crippen molar-refractivity contribution in [2.24, 2.45) is 0 Å². The summed E-state index contributed by atoms with van der Waals surface area (Å²) in [5.74, 6) is -0.172. The van der Waals surface area contributed by atoms with Crippen molar-refractivity contribution in [2.45, 2.75) is 6.42 Å². The fourth-order valence-electron chi connectivity index (χ4n) is 3.87. The maximum atomic E-state index is 12.7. The highest BCUT2D eigenvalue weighted by Crippen LogP contribution is 2.24. The Hall–Kier alpha value is -3.53. The fourth-order valence-corrected chi connectivity index (χ4v) is 4.75. The van der Waals surface area contributed by atoms with Gasteiger partial charge in [-0.25, -0.2) is 4.98 Å². The van der Waals surface area contributed by atoms with Crippen molar-refractivity contribution < 1.29 is 14.3 Å². The number of anilines is 2. The van der Waals surface area contributed by atoms with Crippen LogP contribution in [0.1, 0.15) is 5.69 Å². The Kier molecular flexibility index (Phi) is 6.66. The fraction of sp³-hybridized carbons (Fsp3) is 0.240. The van der Waals surface area contributed by atoms with Crippen LogP contribution in [0.3, 0.4) is 0 Å². The maximum absolute atomic E-state index is 12.7. The van der Waals surface area contributed by atoms with Crippen LogP contribution < -0.4 is 10.6 Å². The van der Waals surface area contributed by atoms with E-state index in [-0.39, 0.29) is 18.2 Å². The Morgan fingerprint density at radius 3 is 2.32 bits per heavy atom. The van der Waals surface area contributed by atoms with E-state index in [4.69, 9.17) is 4.74 Å². The van der Waals surface area contributed by atoms with E-state index in [1.165, 1.54) is 11.3 Å². The van der Waals surface area contributed by atoms with Crippen LogP contribution in [-0.4, -0.2) is 58.9 Å². The highest BCUT2D eigenvalue weighted by Gasteiger charge is 2.15. The van der Waals surface area contributed by atoms with Crippen molar-refractivity contribution >= 4 is 39.5 Å². The zero-order valence-corrected chi connectivity index (χ0v) is 19.4. The number of hydrogen-bond donors (Lipinski definition) is 2. The summed E-state index contributed by atoms with van der Waals surface area (Å²) in [7, 11) is 0. The average Bonchev–Trinajstić information content (AvgIpc) is 3.43. The number of thiazole rings is 1. The van der Waals surface area contributed by atoms with Crippen LogP contribution >= 0.6 is 11.3 Å². The summed E-state index contributed by atoms with van der Waals surface area (Å²) < 4.78 is 7.28. The van der Waals surface area contributed by atoms with Gasteiger partial charge >= 0.3 is 0 Å². The van der Waals surface area contributed by atoms with Crippen molar-refractivity contribution in [3.63, 3.8) is 0 Å². The molecule has 4 aromatic rings. The number of fused-ring (bicyclic) bond motifs is 1. The number of nitrogens with one attached hydrogen (secondary N) is 2. The van der Waals surface area contributed by atoms with Crippen molar-refractivity contribution in [3.8, 4) is 11.3 Å². The molecule has 2 aromatic heterocycles. The first kappa shape index (κ1) is 22.3. The Labute approximate surface area is 201 Å². The largest absolute Gasteiger partial charge is 0.379 e. The van der Waals surface area contributed by atoms with E-state index in [0.717, 1.165) is 35.0 Å². The summed E-state index contributed by atoms with van der Waals surface area (Å²) >= 11 is 1.52. The van der Waals surface area contributed by atoms with Gasteiger partial charge in [0.25, 0.3) is 0 Å². The van der Waals surface area contributed by atoms with Gasteiger partial charge in [0.05, 0.1) is 31.9 Å². The van der Waals surface area contributed by atoms with E-state index in [1.807, 2.05) is 46.3 Å². The molecule has 0 aliphatic carbocycles. The van der Waals surface area contributed by atoms with E-state index in [2.05, 4.69) is 20.5 Å². The van der Waals surface area contributed by atoms with E-state index in [1.54, 1.807) is 24.3 Å². The monoisotopic (exact) mass is 475 g/mol. The molecule has 34 heavy (non-hydrogen) atoms. The lowest BCUT2D eigenvalue weighted by molar-refractivity contribution is -0.118. The van der Waals surface area contributed by atoms with Gasteiger partial charge in [0, 0.05) is 47.3 Å². The normalized spacial score (nSPS) is 14.2. The third kappa shape index (κ3) is 5.33. The standard InChI is InChI=1S/C25H25N5O3S/c31-23(14-21-17-34-25-28-22(15-30(21)25)18-4-2-1-3-5-18)26-19-6-8-20(9-7-19)27-24(32)16-29-10-12-33-13-11-29/h1-9,15,17H,10-14,16H2,(H,26,31)(H,27,32). The summed E-state index contributed by atoms with van der Waals surface area (Å²) in [5, 5.41) is 7.79. The van der Waals surface area contributed by atoms with Crippen molar-refractivity contribution in [3.05, 3.63) is 71.9 Å². The van der Waals surface area contributed by atoms with Gasteiger partial charge in [-0.1, -0.05) is 30.3 Å². The molecule has 2 N–H and O–H groups in total. The number of ether oxygens (including phenoxy) is 1. The second-order valence-electron chi connectivity index (χ2n) is 8.11. The Bertz CT molecular complexity index is 1280. The molecule has 0 bridgehead atoms. The number of aromatic nitrogens is 2. The van der Waals surface area contributed by atoms with Crippen LogP contribution in [0.4, 0.5) is 11.4 Å². The van der Waals surface area contributed by atoms with E-state index < -0.39 is 0 Å². The molecule has 3 heterocycles. The molecule has 2 amide bonds. The summed E-state index contributed by atoms with van der Waals surface area (Å²) in [6, 6.07) is 17.1. The van der Waals surface area contributed by atoms with Crippen LogP contribution in [0.25, 0.3) is 16.2 Å². The highest BCUT2D eigenvalue weighted by atomic mass is 32.1. The second kappa shape index (κ2) is 10.2. The minimum absolute atomic E-state index is 0.0598. The second-order valence-corrected chi connectivity index (χ2v) is 8.95. The molecule has 1 aliphatic heterocycles. The lowest BCUT2D eigenvalue weighted by atomic mass is 10.2. The molecular weight excluding hydrogens is 450 g/mol. The molecule has 8 nitrogen and oxygen atoms in total. The highest BCUT2D eigenvalue weighted by molar-refractivity contribution is 7.15. The number of morpholine rings is 1. The molecule has 0 saturated carbocycles. The number of imidazole rings is 1. The number of benzene rings is 2. The van der Waals surface area contributed by atoms with Gasteiger partial charge in [-0.15, -0.1) is 11.3 Å². The van der Waals surface area contributed by atoms with Crippen molar-refractivity contribution in [1.29, 1.82) is 0 Å². The zero-order valence-electron chi connectivity index (χ0n) is 18.6. The van der Waals surface area contributed by atoms with Crippen LogP contribution in [0.2, 0.25) is 0 Å². The van der Waals surface area contributed by atoms with Gasteiger partial charge < -0.3 is 15.4 Å². The van der Waals surface area contributed by atoms with Gasteiger partial charge in [0.2, 0.25) is 11.8 Å². The Balaban J connectivity index is 1.17. The molecule has 2 aromatic carbocycles. The molecule has 5 rings (SSSR count). The number of carbonyl (C=O) groups excluding carboxylic acids is 2. The van der Waals surface area contributed by atoms with E-state index in [9.17, 15) is 9.59 Å². The van der Waals surface area contributed by atoms with E-state index in [0.29, 0.717) is 31.1 Å². The zero-order chi connectivity index (χ0) is 23.3. The molecule has 0 radical (unpaired) electrons. The molecule has 174 valence electrons. The first-order valence-corrected chi connectivity index (χ1v) is 12.0. The third-order valence-electron chi connectivity index (χ3n) is 5.62. The first-order chi connectivity index (χ1) is 16.6. The lowest BCUT2D eigenvalue weighted by Crippen LogP contribution is -2.41. The molecule has 1 fully saturated rings. The molecule has 9 heteroatoms. The SMILES string of the molecule is O=C(Cc1csc2nc(-c3ccccc3)cn12)Nc1ccc(NC(=O)CN2CCOCC2)cc1. The van der Waals surface area contributed by atoms with E-state index >= 15 is 0 Å². The number of hydrogen-bond acceptors (Lipinski definition) is 6. The van der Waals surface area contributed by atoms with Crippen molar-refractivity contribution in [2.75, 3.05) is 43.5 Å². The van der Waals surface area contributed by atoms with Gasteiger partial charge in [0.1, 0.15) is 0 Å². The number of amides is 2. The van der Waals surface area contributed by atoms with Crippen LogP contribution in [0, 0.1) is 0 Å². The van der Waals surface area contributed by atoms with Crippen LogP contribution in [0.5, 0.6) is 0 Å². The quantitative estimate of drug-likeness (QED) is 0.427.